The molecule has 4 rings (SSSR count). The summed E-state index contributed by atoms with van der Waals surface area (Å²) in [6.07, 6.45) is 0. The number of thiazole rings is 1. The van der Waals surface area contributed by atoms with Crippen molar-refractivity contribution in [1.82, 2.24) is 9.88 Å². The number of nitro groups is 1. The largest absolute Gasteiger partial charge is 0.362 e. The summed E-state index contributed by atoms with van der Waals surface area (Å²) in [6.45, 7) is 4.04. The van der Waals surface area contributed by atoms with Gasteiger partial charge in [-0.15, -0.1) is 23.1 Å². The van der Waals surface area contributed by atoms with Crippen LogP contribution in [-0.4, -0.2) is 46.9 Å². The van der Waals surface area contributed by atoms with Crippen molar-refractivity contribution in [2.24, 2.45) is 0 Å². The number of nitro benzene ring substituents is 1. The number of hydrogen-bond donors (Lipinski definition) is 0. The Bertz CT molecular complexity index is 1130. The van der Waals surface area contributed by atoms with Crippen molar-refractivity contribution in [3.63, 3.8) is 0 Å². The third-order valence-corrected chi connectivity index (χ3v) is 7.30. The average Bonchev–Trinajstić information content (AvgIpc) is 3.22. The number of anilines is 1. The molecule has 0 N–H and O–H groups in total. The number of hydrogen-bond acceptors (Lipinski definition) is 7. The first-order valence-electron chi connectivity index (χ1n) is 10.0. The molecule has 1 aliphatic rings. The van der Waals surface area contributed by atoms with Crippen LogP contribution in [0.2, 0.25) is 5.02 Å². The highest BCUT2D eigenvalue weighted by molar-refractivity contribution is 7.98. The van der Waals surface area contributed by atoms with E-state index in [1.165, 1.54) is 6.07 Å². The van der Waals surface area contributed by atoms with Gasteiger partial charge in [-0.25, -0.2) is 4.98 Å². The molecule has 7 nitrogen and oxygen atoms in total. The minimum atomic E-state index is -0.423. The molecule has 10 heteroatoms. The molecular formula is C22H21ClN4O3S2. The number of aryl methyl sites for hydroxylation is 1. The van der Waals surface area contributed by atoms with E-state index >= 15 is 0 Å². The Hall–Kier alpha value is -2.62. The number of halogens is 1. The molecule has 2 heterocycles. The molecule has 1 saturated heterocycles. The molecule has 1 amide bonds. The van der Waals surface area contributed by atoms with Crippen molar-refractivity contribution in [3.8, 4) is 0 Å². The Labute approximate surface area is 199 Å². The second-order valence-electron chi connectivity index (χ2n) is 7.34. The van der Waals surface area contributed by atoms with Crippen LogP contribution < -0.4 is 4.90 Å². The summed E-state index contributed by atoms with van der Waals surface area (Å²) in [7, 11) is 0. The molecule has 0 radical (unpaired) electrons. The molecule has 3 aromatic rings. The Morgan fingerprint density at radius 2 is 1.91 bits per heavy atom. The van der Waals surface area contributed by atoms with E-state index in [-0.39, 0.29) is 11.6 Å². The maximum absolute atomic E-state index is 12.9. The Kier molecular flexibility index (Phi) is 6.98. The van der Waals surface area contributed by atoms with Gasteiger partial charge in [-0.1, -0.05) is 11.6 Å². The molecule has 0 bridgehead atoms. The molecule has 0 atom stereocenters. The zero-order valence-corrected chi connectivity index (χ0v) is 19.8. The monoisotopic (exact) mass is 488 g/mol. The molecule has 32 heavy (non-hydrogen) atoms. The van der Waals surface area contributed by atoms with Crippen molar-refractivity contribution in [1.29, 1.82) is 0 Å². The number of piperazine rings is 1. The van der Waals surface area contributed by atoms with Crippen molar-refractivity contribution < 1.29 is 9.72 Å². The van der Waals surface area contributed by atoms with E-state index in [0.29, 0.717) is 42.5 Å². The maximum atomic E-state index is 12.9. The highest BCUT2D eigenvalue weighted by Gasteiger charge is 2.26. The van der Waals surface area contributed by atoms with Crippen molar-refractivity contribution in [2.45, 2.75) is 17.6 Å². The van der Waals surface area contributed by atoms with E-state index in [9.17, 15) is 14.9 Å². The standard InChI is InChI=1S/C22H21ClN4O3S2/c1-15-24-18(13-31-15)14-32-19-5-2-16(3-6-19)22(28)26-10-8-25(9-11-26)20-7-4-17(23)12-21(20)27(29)30/h2-7,12-13H,8-11,14H2,1H3. The van der Waals surface area contributed by atoms with Crippen LogP contribution in [0.5, 0.6) is 0 Å². The number of amides is 1. The quantitative estimate of drug-likeness (QED) is 0.267. The van der Waals surface area contributed by atoms with Crippen molar-refractivity contribution >= 4 is 52.0 Å². The van der Waals surface area contributed by atoms with E-state index in [4.69, 9.17) is 11.6 Å². The predicted octanol–water partition coefficient (Wildman–Crippen LogP) is 5.27. The second kappa shape index (κ2) is 9.89. The first-order valence-corrected chi connectivity index (χ1v) is 12.3. The molecule has 0 spiro atoms. The van der Waals surface area contributed by atoms with Gasteiger partial charge in [-0.2, -0.15) is 0 Å². The number of thioether (sulfide) groups is 1. The van der Waals surface area contributed by atoms with Gasteiger partial charge in [0.15, 0.2) is 0 Å². The molecule has 1 fully saturated rings. The second-order valence-corrected chi connectivity index (χ2v) is 9.89. The zero-order valence-electron chi connectivity index (χ0n) is 17.4. The Balaban J connectivity index is 1.35. The normalized spacial score (nSPS) is 13.9. The van der Waals surface area contributed by atoms with Crippen LogP contribution in [0.4, 0.5) is 11.4 Å². The fourth-order valence-electron chi connectivity index (χ4n) is 3.57. The predicted molar refractivity (Wildman–Crippen MR) is 129 cm³/mol. The third-order valence-electron chi connectivity index (χ3n) is 5.20. The van der Waals surface area contributed by atoms with E-state index in [2.05, 4.69) is 10.4 Å². The van der Waals surface area contributed by atoms with Crippen LogP contribution in [0.15, 0.2) is 52.7 Å². The van der Waals surface area contributed by atoms with Gasteiger partial charge in [0.2, 0.25) is 0 Å². The van der Waals surface area contributed by atoms with Gasteiger partial charge >= 0.3 is 0 Å². The Morgan fingerprint density at radius 1 is 1.19 bits per heavy atom. The molecule has 1 aliphatic heterocycles. The third kappa shape index (κ3) is 5.23. The van der Waals surface area contributed by atoms with Gasteiger partial charge in [0.25, 0.3) is 11.6 Å². The van der Waals surface area contributed by atoms with Crippen LogP contribution >= 0.6 is 34.7 Å². The average molecular weight is 489 g/mol. The fraction of sp³-hybridized carbons (Fsp3) is 0.273. The minimum Gasteiger partial charge on any atom is -0.362 e. The smallest absolute Gasteiger partial charge is 0.294 e. The summed E-state index contributed by atoms with van der Waals surface area (Å²) < 4.78 is 0. The lowest BCUT2D eigenvalue weighted by atomic mass is 10.1. The summed E-state index contributed by atoms with van der Waals surface area (Å²) in [5.74, 6) is 0.776. The molecule has 2 aromatic carbocycles. The number of carbonyl (C=O) groups excluding carboxylic acids is 1. The molecule has 0 unspecified atom stereocenters. The van der Waals surface area contributed by atoms with Crippen LogP contribution in [0, 0.1) is 17.0 Å². The summed E-state index contributed by atoms with van der Waals surface area (Å²) in [5, 5.41) is 14.8. The maximum Gasteiger partial charge on any atom is 0.294 e. The van der Waals surface area contributed by atoms with E-state index in [1.54, 1.807) is 40.1 Å². The summed E-state index contributed by atoms with van der Waals surface area (Å²) >= 11 is 9.25. The molecule has 0 aliphatic carbocycles. The molecule has 166 valence electrons. The zero-order chi connectivity index (χ0) is 22.7. The van der Waals surface area contributed by atoms with Gasteiger partial charge in [-0.05, 0) is 43.3 Å². The van der Waals surface area contributed by atoms with Gasteiger partial charge in [0, 0.05) is 58.9 Å². The highest BCUT2D eigenvalue weighted by atomic mass is 35.5. The Morgan fingerprint density at radius 3 is 2.53 bits per heavy atom. The number of nitrogens with zero attached hydrogens (tertiary/aromatic N) is 4. The van der Waals surface area contributed by atoms with Gasteiger partial charge in [-0.3, -0.25) is 14.9 Å². The lowest BCUT2D eigenvalue weighted by Gasteiger charge is -2.35. The highest BCUT2D eigenvalue weighted by Crippen LogP contribution is 2.32. The van der Waals surface area contributed by atoms with Gasteiger partial charge in [0.1, 0.15) is 5.69 Å². The number of benzene rings is 2. The van der Waals surface area contributed by atoms with Gasteiger partial charge < -0.3 is 9.80 Å². The minimum absolute atomic E-state index is 0.0156. The van der Waals surface area contributed by atoms with Crippen LogP contribution in [0.1, 0.15) is 21.1 Å². The number of aromatic nitrogens is 1. The summed E-state index contributed by atoms with van der Waals surface area (Å²) in [4.78, 5) is 33.2. The van der Waals surface area contributed by atoms with Crippen molar-refractivity contribution in [2.75, 3.05) is 31.1 Å². The van der Waals surface area contributed by atoms with E-state index < -0.39 is 4.92 Å². The van der Waals surface area contributed by atoms with Crippen LogP contribution in [-0.2, 0) is 5.75 Å². The van der Waals surface area contributed by atoms with E-state index in [1.807, 2.05) is 36.1 Å². The first-order chi connectivity index (χ1) is 15.4. The topological polar surface area (TPSA) is 79.6 Å². The van der Waals surface area contributed by atoms with Crippen LogP contribution in [0.25, 0.3) is 0 Å². The SMILES string of the molecule is Cc1nc(CSc2ccc(C(=O)N3CCN(c4ccc(Cl)cc4[N+](=O)[O-])CC3)cc2)cs1. The first kappa shape index (κ1) is 22.6. The van der Waals surface area contributed by atoms with Crippen LogP contribution in [0.3, 0.4) is 0 Å². The number of carbonyl (C=O) groups is 1. The van der Waals surface area contributed by atoms with Gasteiger partial charge in [0.05, 0.1) is 15.6 Å². The lowest BCUT2D eigenvalue weighted by Crippen LogP contribution is -2.48. The molecule has 1 aromatic heterocycles. The molecular weight excluding hydrogens is 468 g/mol. The number of rotatable bonds is 6. The summed E-state index contributed by atoms with van der Waals surface area (Å²) in [6, 6.07) is 12.3. The van der Waals surface area contributed by atoms with Crippen molar-refractivity contribution in [3.05, 3.63) is 79.2 Å². The lowest BCUT2D eigenvalue weighted by molar-refractivity contribution is -0.384. The summed E-state index contributed by atoms with van der Waals surface area (Å²) in [5.41, 5.74) is 2.22. The van der Waals surface area contributed by atoms with E-state index in [0.717, 1.165) is 21.3 Å². The fourth-order valence-corrected chi connectivity index (χ4v) is 5.24. The molecule has 0 saturated carbocycles.